The van der Waals surface area contributed by atoms with Gasteiger partial charge in [-0.1, -0.05) is 30.3 Å². The van der Waals surface area contributed by atoms with Crippen LogP contribution in [0.25, 0.3) is 10.9 Å². The quantitative estimate of drug-likeness (QED) is 0.413. The Hall–Kier alpha value is -3.78. The number of rotatable bonds is 7. The lowest BCUT2D eigenvalue weighted by Gasteiger charge is -2.37. The molecule has 8 heteroatoms. The maximum absolute atomic E-state index is 13.7. The summed E-state index contributed by atoms with van der Waals surface area (Å²) in [6, 6.07) is 19.0. The van der Waals surface area contributed by atoms with Crippen molar-refractivity contribution in [1.82, 2.24) is 15.2 Å². The van der Waals surface area contributed by atoms with Crippen molar-refractivity contribution in [2.24, 2.45) is 0 Å². The number of anilines is 1. The van der Waals surface area contributed by atoms with Crippen LogP contribution in [0.5, 0.6) is 5.75 Å². The van der Waals surface area contributed by atoms with E-state index in [9.17, 15) is 9.59 Å². The highest BCUT2D eigenvalue weighted by Gasteiger charge is 2.30. The van der Waals surface area contributed by atoms with Gasteiger partial charge in [0.25, 0.3) is 5.91 Å². The number of methoxy groups -OCH3 is 1. The van der Waals surface area contributed by atoms with E-state index in [0.717, 1.165) is 41.0 Å². The third-order valence-corrected chi connectivity index (χ3v) is 7.33. The molecule has 5 rings (SSSR count). The highest BCUT2D eigenvalue weighted by Crippen LogP contribution is 2.23. The zero-order chi connectivity index (χ0) is 24.2. The summed E-state index contributed by atoms with van der Waals surface area (Å²) in [4.78, 5) is 34.6. The molecule has 0 aliphatic carbocycles. The molecule has 0 spiro atoms. The fraction of sp³-hybridized carbons (Fsp3) is 0.259. The summed E-state index contributed by atoms with van der Waals surface area (Å²) in [5, 5.41) is 5.95. The van der Waals surface area contributed by atoms with Crippen molar-refractivity contribution >= 4 is 39.7 Å². The van der Waals surface area contributed by atoms with Gasteiger partial charge in [-0.3, -0.25) is 9.59 Å². The number of thiophene rings is 1. The lowest BCUT2D eigenvalue weighted by Crippen LogP contribution is -2.55. The molecular formula is C27H28N4O3S. The molecule has 2 aromatic carbocycles. The van der Waals surface area contributed by atoms with Crippen molar-refractivity contribution in [2.75, 3.05) is 38.2 Å². The third kappa shape index (κ3) is 5.02. The Bertz CT molecular complexity index is 1310. The molecule has 0 saturated carbocycles. The maximum atomic E-state index is 13.7. The minimum Gasteiger partial charge on any atom is -0.497 e. The second kappa shape index (κ2) is 10.2. The van der Waals surface area contributed by atoms with Crippen LogP contribution in [-0.2, 0) is 11.2 Å². The van der Waals surface area contributed by atoms with Gasteiger partial charge in [0.05, 0.1) is 12.0 Å². The zero-order valence-corrected chi connectivity index (χ0v) is 20.4. The molecule has 1 aliphatic heterocycles. The van der Waals surface area contributed by atoms with Crippen LogP contribution in [0.4, 0.5) is 5.69 Å². The fourth-order valence-electron chi connectivity index (χ4n) is 4.57. The first kappa shape index (κ1) is 23.0. The van der Waals surface area contributed by atoms with Crippen molar-refractivity contribution < 1.29 is 14.3 Å². The first-order chi connectivity index (χ1) is 17.1. The van der Waals surface area contributed by atoms with Crippen LogP contribution in [0.15, 0.2) is 72.2 Å². The third-order valence-electron chi connectivity index (χ3n) is 6.46. The molecule has 1 fully saturated rings. The number of amides is 2. The van der Waals surface area contributed by atoms with E-state index in [1.807, 2.05) is 65.0 Å². The smallest absolute Gasteiger partial charge is 0.262 e. The molecule has 3 heterocycles. The van der Waals surface area contributed by atoms with Gasteiger partial charge in [0, 0.05) is 61.5 Å². The molecule has 2 amide bonds. The maximum Gasteiger partial charge on any atom is 0.262 e. The van der Waals surface area contributed by atoms with Crippen molar-refractivity contribution in [3.8, 4) is 5.75 Å². The van der Waals surface area contributed by atoms with Crippen molar-refractivity contribution in [3.63, 3.8) is 0 Å². The number of H-pyrrole nitrogens is 1. The Morgan fingerprint density at radius 3 is 2.66 bits per heavy atom. The molecule has 7 nitrogen and oxygen atoms in total. The van der Waals surface area contributed by atoms with E-state index in [0.29, 0.717) is 24.4 Å². The first-order valence-electron chi connectivity index (χ1n) is 11.7. The molecule has 0 bridgehead atoms. The summed E-state index contributed by atoms with van der Waals surface area (Å²) >= 11 is 1.37. The minimum atomic E-state index is -0.646. The lowest BCUT2D eigenvalue weighted by molar-refractivity contribution is -0.133. The van der Waals surface area contributed by atoms with Crippen LogP contribution in [-0.4, -0.2) is 61.0 Å². The zero-order valence-electron chi connectivity index (χ0n) is 19.6. The average Bonchev–Trinajstić information content (AvgIpc) is 3.59. The molecule has 1 aliphatic rings. The van der Waals surface area contributed by atoms with Gasteiger partial charge in [0.2, 0.25) is 5.91 Å². The van der Waals surface area contributed by atoms with Gasteiger partial charge in [-0.2, -0.15) is 0 Å². The number of para-hydroxylation sites is 1. The molecule has 35 heavy (non-hydrogen) atoms. The van der Waals surface area contributed by atoms with E-state index in [-0.39, 0.29) is 11.8 Å². The Labute approximate surface area is 208 Å². The number of nitrogens with one attached hydrogen (secondary N) is 2. The number of hydrogen-bond acceptors (Lipinski definition) is 5. The number of ether oxygens (including phenoxy) is 1. The highest BCUT2D eigenvalue weighted by atomic mass is 32.1. The Balaban J connectivity index is 1.32. The number of benzene rings is 2. The summed E-state index contributed by atoms with van der Waals surface area (Å²) in [5.41, 5.74) is 3.11. The second-order valence-corrected chi connectivity index (χ2v) is 9.53. The number of aromatic amines is 1. The van der Waals surface area contributed by atoms with E-state index >= 15 is 0 Å². The van der Waals surface area contributed by atoms with E-state index in [2.05, 4.69) is 21.3 Å². The van der Waals surface area contributed by atoms with Gasteiger partial charge in [0.15, 0.2) is 0 Å². The largest absolute Gasteiger partial charge is 0.497 e. The Morgan fingerprint density at radius 1 is 1.06 bits per heavy atom. The van der Waals surface area contributed by atoms with Gasteiger partial charge in [-0.05, 0) is 35.2 Å². The van der Waals surface area contributed by atoms with Crippen molar-refractivity contribution in [1.29, 1.82) is 0 Å². The van der Waals surface area contributed by atoms with Crippen molar-refractivity contribution in [3.05, 3.63) is 82.7 Å². The monoisotopic (exact) mass is 488 g/mol. The van der Waals surface area contributed by atoms with Gasteiger partial charge in [-0.25, -0.2) is 0 Å². The topological polar surface area (TPSA) is 77.7 Å². The number of aromatic nitrogens is 1. The van der Waals surface area contributed by atoms with Crippen LogP contribution in [0.3, 0.4) is 0 Å². The predicted molar refractivity (Wildman–Crippen MR) is 139 cm³/mol. The molecule has 2 N–H and O–H groups in total. The molecule has 4 aromatic rings. The average molecular weight is 489 g/mol. The molecule has 1 saturated heterocycles. The molecular weight excluding hydrogens is 460 g/mol. The van der Waals surface area contributed by atoms with Crippen molar-refractivity contribution in [2.45, 2.75) is 12.5 Å². The van der Waals surface area contributed by atoms with E-state index < -0.39 is 6.04 Å². The van der Waals surface area contributed by atoms with Gasteiger partial charge < -0.3 is 24.8 Å². The standard InChI is InChI=1S/C27H28N4O3S/c1-34-21-7-4-6-20(17-21)30-11-13-31(14-12-30)27(33)24(29-26(32)25-10-5-15-35-25)16-19-18-28-23-9-3-2-8-22(19)23/h2-10,15,17-18,24,28H,11-14,16H2,1H3,(H,29,32)/t24-/m1/s1. The first-order valence-corrected chi connectivity index (χ1v) is 12.6. The normalized spacial score (nSPS) is 14.7. The second-order valence-electron chi connectivity index (χ2n) is 8.58. The number of fused-ring (bicyclic) bond motifs is 1. The molecule has 180 valence electrons. The van der Waals surface area contributed by atoms with E-state index in [1.54, 1.807) is 13.2 Å². The fourth-order valence-corrected chi connectivity index (χ4v) is 5.20. The summed E-state index contributed by atoms with van der Waals surface area (Å²) in [7, 11) is 1.66. The molecule has 0 unspecified atom stereocenters. The SMILES string of the molecule is COc1cccc(N2CCN(C(=O)[C@@H](Cc3c[nH]c4ccccc34)NC(=O)c3cccs3)CC2)c1. The lowest BCUT2D eigenvalue weighted by atomic mass is 10.0. The number of carbonyl (C=O) groups excluding carboxylic acids is 2. The van der Waals surface area contributed by atoms with Gasteiger partial charge >= 0.3 is 0 Å². The van der Waals surface area contributed by atoms with E-state index in [1.165, 1.54) is 11.3 Å². The van der Waals surface area contributed by atoms with Gasteiger partial charge in [-0.15, -0.1) is 11.3 Å². The van der Waals surface area contributed by atoms with Crippen LogP contribution in [0, 0.1) is 0 Å². The van der Waals surface area contributed by atoms with Crippen LogP contribution >= 0.6 is 11.3 Å². The van der Waals surface area contributed by atoms with Gasteiger partial charge in [0.1, 0.15) is 11.8 Å². The number of carbonyl (C=O) groups is 2. The van der Waals surface area contributed by atoms with Crippen LogP contribution < -0.4 is 15.0 Å². The van der Waals surface area contributed by atoms with Crippen LogP contribution in [0.1, 0.15) is 15.2 Å². The Morgan fingerprint density at radius 2 is 1.89 bits per heavy atom. The minimum absolute atomic E-state index is 0.0505. The summed E-state index contributed by atoms with van der Waals surface area (Å²) in [6.07, 6.45) is 2.36. The molecule has 1 atom stereocenters. The van der Waals surface area contributed by atoms with Crippen LogP contribution in [0.2, 0.25) is 0 Å². The number of hydrogen-bond donors (Lipinski definition) is 2. The summed E-state index contributed by atoms with van der Waals surface area (Å²) in [6.45, 7) is 2.62. The van der Waals surface area contributed by atoms with E-state index in [4.69, 9.17) is 4.74 Å². The molecule has 0 radical (unpaired) electrons. The molecule has 2 aromatic heterocycles. The predicted octanol–water partition coefficient (Wildman–Crippen LogP) is 3.93. The summed E-state index contributed by atoms with van der Waals surface area (Å²) in [5.74, 6) is 0.551. The highest BCUT2D eigenvalue weighted by molar-refractivity contribution is 7.12. The number of piperazine rings is 1. The Kier molecular flexibility index (Phi) is 6.72. The number of nitrogens with zero attached hydrogens (tertiary/aromatic N) is 2. The summed E-state index contributed by atoms with van der Waals surface area (Å²) < 4.78 is 5.35.